The Morgan fingerprint density at radius 3 is 2.32 bits per heavy atom. The van der Waals surface area contributed by atoms with Gasteiger partial charge in [-0.15, -0.1) is 0 Å². The van der Waals surface area contributed by atoms with E-state index < -0.39 is 6.10 Å². The van der Waals surface area contributed by atoms with Crippen molar-refractivity contribution in [2.45, 2.75) is 26.4 Å². The van der Waals surface area contributed by atoms with E-state index in [1.165, 1.54) is 5.56 Å². The summed E-state index contributed by atoms with van der Waals surface area (Å²) in [5.74, 6) is 0.670. The normalized spacial score (nSPS) is 13.2. The smallest absolute Gasteiger partial charge is 0.0914 e. The van der Waals surface area contributed by atoms with Gasteiger partial charge in [-0.2, -0.15) is 0 Å². The molecule has 0 aromatic heterocycles. The third kappa shape index (κ3) is 6.71. The van der Waals surface area contributed by atoms with Gasteiger partial charge < -0.3 is 15.3 Å². The van der Waals surface area contributed by atoms with Gasteiger partial charge in [-0.1, -0.05) is 38.1 Å². The molecule has 1 atom stereocenters. The minimum Gasteiger partial charge on any atom is -0.387 e. The molecule has 2 N–H and O–H groups in total. The van der Waals surface area contributed by atoms with Crippen LogP contribution in [0.25, 0.3) is 0 Å². The molecule has 3 heteroatoms. The van der Waals surface area contributed by atoms with Crippen molar-refractivity contribution < 1.29 is 5.11 Å². The average molecular weight is 264 g/mol. The minimum atomic E-state index is -0.421. The molecular formula is C16H28N2O. The number of nitrogens with zero attached hydrogens (tertiary/aromatic N) is 1. The summed E-state index contributed by atoms with van der Waals surface area (Å²) in [4.78, 5) is 2.13. The first-order valence-electron chi connectivity index (χ1n) is 7.11. The zero-order chi connectivity index (χ0) is 14.3. The van der Waals surface area contributed by atoms with Crippen molar-refractivity contribution in [2.24, 2.45) is 5.92 Å². The lowest BCUT2D eigenvalue weighted by Gasteiger charge is -2.15. The van der Waals surface area contributed by atoms with E-state index >= 15 is 0 Å². The number of aliphatic hydroxyl groups is 1. The maximum Gasteiger partial charge on any atom is 0.0914 e. The van der Waals surface area contributed by atoms with Crippen molar-refractivity contribution in [1.82, 2.24) is 10.2 Å². The topological polar surface area (TPSA) is 35.5 Å². The van der Waals surface area contributed by atoms with Crippen molar-refractivity contribution in [3.63, 3.8) is 0 Å². The first-order valence-corrected chi connectivity index (χ1v) is 7.11. The highest BCUT2D eigenvalue weighted by atomic mass is 16.3. The summed E-state index contributed by atoms with van der Waals surface area (Å²) in [5.41, 5.74) is 2.33. The molecule has 108 valence electrons. The lowest BCUT2D eigenvalue weighted by Crippen LogP contribution is -2.29. The van der Waals surface area contributed by atoms with E-state index in [0.29, 0.717) is 12.5 Å². The van der Waals surface area contributed by atoms with Crippen LogP contribution < -0.4 is 5.32 Å². The molecule has 0 radical (unpaired) electrons. The number of hydrogen-bond donors (Lipinski definition) is 2. The third-order valence-electron chi connectivity index (χ3n) is 3.08. The molecule has 0 spiro atoms. The van der Waals surface area contributed by atoms with Crippen LogP contribution in [0.3, 0.4) is 0 Å². The zero-order valence-electron chi connectivity index (χ0n) is 12.7. The molecule has 19 heavy (non-hydrogen) atoms. The first kappa shape index (κ1) is 16.2. The Kier molecular flexibility index (Phi) is 7.06. The number of nitrogens with one attached hydrogen (secondary N) is 1. The van der Waals surface area contributed by atoms with Crippen LogP contribution in [0.1, 0.15) is 31.1 Å². The van der Waals surface area contributed by atoms with Crippen LogP contribution >= 0.6 is 0 Å². The summed E-state index contributed by atoms with van der Waals surface area (Å²) < 4.78 is 0. The van der Waals surface area contributed by atoms with Gasteiger partial charge in [0.2, 0.25) is 0 Å². The highest BCUT2D eigenvalue weighted by Crippen LogP contribution is 2.15. The molecule has 0 aliphatic carbocycles. The van der Waals surface area contributed by atoms with E-state index in [1.54, 1.807) is 0 Å². The van der Waals surface area contributed by atoms with E-state index in [4.69, 9.17) is 0 Å². The summed E-state index contributed by atoms with van der Waals surface area (Å²) in [5, 5.41) is 13.4. The predicted molar refractivity (Wildman–Crippen MR) is 81.4 cm³/mol. The van der Waals surface area contributed by atoms with Gasteiger partial charge in [-0.05, 0) is 37.6 Å². The second kappa shape index (κ2) is 8.31. The van der Waals surface area contributed by atoms with Crippen molar-refractivity contribution in [1.29, 1.82) is 0 Å². The van der Waals surface area contributed by atoms with Crippen LogP contribution in [0.2, 0.25) is 0 Å². The van der Waals surface area contributed by atoms with Gasteiger partial charge in [0, 0.05) is 19.6 Å². The Balaban J connectivity index is 2.37. The predicted octanol–water partition coefficient (Wildman–Crippen LogP) is 2.07. The molecule has 3 nitrogen and oxygen atoms in total. The van der Waals surface area contributed by atoms with Crippen molar-refractivity contribution in [2.75, 3.05) is 33.7 Å². The average Bonchev–Trinajstić information content (AvgIpc) is 2.34. The Morgan fingerprint density at radius 2 is 1.79 bits per heavy atom. The van der Waals surface area contributed by atoms with Crippen LogP contribution in [0, 0.1) is 5.92 Å². The summed E-state index contributed by atoms with van der Waals surface area (Å²) in [6.45, 7) is 6.93. The van der Waals surface area contributed by atoms with Crippen LogP contribution in [0.4, 0.5) is 0 Å². The summed E-state index contributed by atoms with van der Waals surface area (Å²) in [6, 6.07) is 8.32. The molecule has 1 unspecified atom stereocenters. The highest BCUT2D eigenvalue weighted by Gasteiger charge is 2.07. The Hall–Kier alpha value is -0.900. The molecule has 0 fully saturated rings. The van der Waals surface area contributed by atoms with Crippen molar-refractivity contribution >= 4 is 0 Å². The molecule has 0 saturated heterocycles. The second-order valence-electron chi connectivity index (χ2n) is 5.86. The first-order chi connectivity index (χ1) is 8.99. The van der Waals surface area contributed by atoms with E-state index in [9.17, 15) is 5.11 Å². The van der Waals surface area contributed by atoms with Crippen LogP contribution in [-0.2, 0) is 6.42 Å². The number of rotatable bonds is 8. The fourth-order valence-corrected chi connectivity index (χ4v) is 2.01. The molecule has 0 amide bonds. The molecular weight excluding hydrogens is 236 g/mol. The molecule has 1 aromatic rings. The highest BCUT2D eigenvalue weighted by molar-refractivity contribution is 5.24. The number of hydrogen-bond acceptors (Lipinski definition) is 3. The van der Waals surface area contributed by atoms with E-state index in [1.807, 2.05) is 26.2 Å². The largest absolute Gasteiger partial charge is 0.387 e. The molecule has 0 saturated carbocycles. The Labute approximate surface area is 117 Å². The van der Waals surface area contributed by atoms with Gasteiger partial charge in [0.05, 0.1) is 6.10 Å². The van der Waals surface area contributed by atoms with Gasteiger partial charge in [0.25, 0.3) is 0 Å². The van der Waals surface area contributed by atoms with Crippen LogP contribution in [0.15, 0.2) is 24.3 Å². The maximum atomic E-state index is 10.1. The minimum absolute atomic E-state index is 0.421. The summed E-state index contributed by atoms with van der Waals surface area (Å²) in [6.07, 6.45) is 0.674. The number of likely N-dealkylation sites (N-methyl/N-ethyl adjacent to an activating group) is 1. The van der Waals surface area contributed by atoms with Gasteiger partial charge in [0.1, 0.15) is 0 Å². The van der Waals surface area contributed by atoms with Crippen LogP contribution in [0.5, 0.6) is 0 Å². The van der Waals surface area contributed by atoms with Gasteiger partial charge in [-0.25, -0.2) is 0 Å². The lowest BCUT2D eigenvalue weighted by atomic mass is 10.0. The molecule has 1 rings (SSSR count). The number of aliphatic hydroxyl groups excluding tert-OH is 1. The molecule has 1 aromatic carbocycles. The lowest BCUT2D eigenvalue weighted by molar-refractivity contribution is 0.173. The Morgan fingerprint density at radius 1 is 1.16 bits per heavy atom. The van der Waals surface area contributed by atoms with Crippen molar-refractivity contribution in [3.05, 3.63) is 35.4 Å². The molecule has 0 aliphatic rings. The zero-order valence-corrected chi connectivity index (χ0v) is 12.7. The second-order valence-corrected chi connectivity index (χ2v) is 5.86. The molecule has 0 heterocycles. The Bertz CT molecular complexity index is 346. The maximum absolute atomic E-state index is 10.1. The van der Waals surface area contributed by atoms with Crippen molar-refractivity contribution in [3.8, 4) is 0 Å². The van der Waals surface area contributed by atoms with E-state index in [-0.39, 0.29) is 0 Å². The molecule has 0 aliphatic heterocycles. The van der Waals surface area contributed by atoms with Gasteiger partial charge in [0.15, 0.2) is 0 Å². The fourth-order valence-electron chi connectivity index (χ4n) is 2.01. The standard InChI is InChI=1S/C16H28N2O/c1-13(2)11-14-5-7-15(8-6-14)16(19)12-17-9-10-18(3)4/h5-8,13,16-17,19H,9-12H2,1-4H3. The third-order valence-corrected chi connectivity index (χ3v) is 3.08. The van der Waals surface area contributed by atoms with Crippen LogP contribution in [-0.4, -0.2) is 43.7 Å². The van der Waals surface area contributed by atoms with Gasteiger partial charge in [-0.3, -0.25) is 0 Å². The van der Waals surface area contributed by atoms with E-state index in [0.717, 1.165) is 25.1 Å². The fraction of sp³-hybridized carbons (Fsp3) is 0.625. The van der Waals surface area contributed by atoms with Gasteiger partial charge >= 0.3 is 0 Å². The molecule has 0 bridgehead atoms. The summed E-state index contributed by atoms with van der Waals surface area (Å²) >= 11 is 0. The van der Waals surface area contributed by atoms with E-state index in [2.05, 4.69) is 36.2 Å². The quantitative estimate of drug-likeness (QED) is 0.706. The number of benzene rings is 1. The summed E-state index contributed by atoms with van der Waals surface area (Å²) in [7, 11) is 4.09. The SMILES string of the molecule is CC(C)Cc1ccc(C(O)CNCCN(C)C)cc1. The monoisotopic (exact) mass is 264 g/mol.